The van der Waals surface area contributed by atoms with Gasteiger partial charge in [-0.15, -0.1) is 10.2 Å². The quantitative estimate of drug-likeness (QED) is 0.379. The van der Waals surface area contributed by atoms with E-state index >= 15 is 0 Å². The fourth-order valence-electron chi connectivity index (χ4n) is 4.15. The summed E-state index contributed by atoms with van der Waals surface area (Å²) in [5.41, 5.74) is 3.19. The highest BCUT2D eigenvalue weighted by Crippen LogP contribution is 2.38. The summed E-state index contributed by atoms with van der Waals surface area (Å²) in [6, 6.07) is 16.1. The van der Waals surface area contributed by atoms with Crippen LogP contribution in [0.3, 0.4) is 0 Å². The molecular weight excluding hydrogens is 452 g/mol. The number of halogens is 1. The maximum atomic E-state index is 12.8. The number of carbonyl (C=O) groups excluding carboxylic acids is 1. The van der Waals surface area contributed by atoms with Gasteiger partial charge < -0.3 is 5.32 Å². The van der Waals surface area contributed by atoms with E-state index in [2.05, 4.69) is 65.1 Å². The van der Waals surface area contributed by atoms with E-state index < -0.39 is 0 Å². The molecule has 33 heavy (non-hydrogen) atoms. The second-order valence-electron chi connectivity index (χ2n) is 9.70. The summed E-state index contributed by atoms with van der Waals surface area (Å²) in [5, 5.41) is 13.2. The van der Waals surface area contributed by atoms with Gasteiger partial charge in [-0.05, 0) is 55.0 Å². The number of nitrogens with one attached hydrogen (secondary N) is 1. The van der Waals surface area contributed by atoms with E-state index in [1.807, 2.05) is 6.92 Å². The fourth-order valence-corrected chi connectivity index (χ4v) is 5.20. The highest BCUT2D eigenvalue weighted by Gasteiger charge is 2.27. The van der Waals surface area contributed by atoms with Crippen LogP contribution in [0.2, 0.25) is 5.02 Å². The van der Waals surface area contributed by atoms with Crippen LogP contribution >= 0.6 is 23.4 Å². The van der Waals surface area contributed by atoms with Crippen LogP contribution in [-0.4, -0.2) is 25.9 Å². The molecule has 5 nitrogen and oxygen atoms in total. The Morgan fingerprint density at radius 3 is 2.30 bits per heavy atom. The number of hydrogen-bond donors (Lipinski definition) is 1. The van der Waals surface area contributed by atoms with Gasteiger partial charge in [-0.25, -0.2) is 0 Å². The standard InChI is InChI=1S/C26H31ClN4OS/c1-17(24(32)28-21-15-13-20(27)14-16-21)33-25-30-29-23(31(25)22-7-5-6-8-22)18-9-11-19(12-10-18)26(2,3)4/h9-17,22H,5-8H2,1-4H3,(H,28,32). The van der Waals surface area contributed by atoms with Gasteiger partial charge in [0.1, 0.15) is 0 Å². The van der Waals surface area contributed by atoms with Gasteiger partial charge in [-0.1, -0.05) is 81.2 Å². The molecule has 1 unspecified atom stereocenters. The maximum absolute atomic E-state index is 12.8. The normalized spacial score (nSPS) is 15.5. The SMILES string of the molecule is CC(Sc1nnc(-c2ccc(C(C)(C)C)cc2)n1C1CCCC1)C(=O)Nc1ccc(Cl)cc1. The van der Waals surface area contributed by atoms with Crippen molar-refractivity contribution in [2.24, 2.45) is 0 Å². The van der Waals surface area contributed by atoms with E-state index in [0.717, 1.165) is 35.1 Å². The Morgan fingerprint density at radius 2 is 1.70 bits per heavy atom. The summed E-state index contributed by atoms with van der Waals surface area (Å²) in [5.74, 6) is 0.814. The predicted octanol–water partition coefficient (Wildman–Crippen LogP) is 7.13. The summed E-state index contributed by atoms with van der Waals surface area (Å²) in [4.78, 5) is 12.8. The molecule has 1 atom stereocenters. The van der Waals surface area contributed by atoms with Gasteiger partial charge in [0.15, 0.2) is 11.0 Å². The van der Waals surface area contributed by atoms with Crippen molar-refractivity contribution in [3.63, 3.8) is 0 Å². The summed E-state index contributed by atoms with van der Waals surface area (Å²) in [6.07, 6.45) is 4.65. The molecule has 1 amide bonds. The number of amides is 1. The minimum absolute atomic E-state index is 0.0700. The average molecular weight is 483 g/mol. The molecule has 1 aliphatic rings. The lowest BCUT2D eigenvalue weighted by atomic mass is 9.86. The zero-order chi connectivity index (χ0) is 23.6. The number of carbonyl (C=O) groups is 1. The summed E-state index contributed by atoms with van der Waals surface area (Å²) in [6.45, 7) is 8.55. The second-order valence-corrected chi connectivity index (χ2v) is 11.4. The third kappa shape index (κ3) is 5.61. The number of nitrogens with zero attached hydrogens (tertiary/aromatic N) is 3. The number of anilines is 1. The van der Waals surface area contributed by atoms with Gasteiger partial charge in [0.2, 0.25) is 5.91 Å². The zero-order valence-corrected chi connectivity index (χ0v) is 21.2. The maximum Gasteiger partial charge on any atom is 0.237 e. The zero-order valence-electron chi connectivity index (χ0n) is 19.6. The molecule has 3 aromatic rings. The first-order chi connectivity index (χ1) is 15.7. The molecule has 1 fully saturated rings. The van der Waals surface area contributed by atoms with E-state index in [9.17, 15) is 4.79 Å². The molecule has 1 N–H and O–H groups in total. The molecule has 0 aliphatic heterocycles. The van der Waals surface area contributed by atoms with Crippen molar-refractivity contribution in [3.8, 4) is 11.4 Å². The molecule has 4 rings (SSSR count). The monoisotopic (exact) mass is 482 g/mol. The number of rotatable bonds is 6. The Labute approximate surface area is 205 Å². The Hall–Kier alpha value is -2.31. The molecule has 2 aromatic carbocycles. The third-order valence-corrected chi connectivity index (χ3v) is 7.44. The first-order valence-electron chi connectivity index (χ1n) is 11.5. The first kappa shape index (κ1) is 23.8. The second kappa shape index (κ2) is 9.90. The lowest BCUT2D eigenvalue weighted by Crippen LogP contribution is -2.23. The van der Waals surface area contributed by atoms with Gasteiger partial charge >= 0.3 is 0 Å². The molecule has 1 aromatic heterocycles. The number of benzene rings is 2. The Kier molecular flexibility index (Phi) is 7.15. The summed E-state index contributed by atoms with van der Waals surface area (Å²) in [7, 11) is 0. The lowest BCUT2D eigenvalue weighted by Gasteiger charge is -2.20. The van der Waals surface area contributed by atoms with E-state index in [0.29, 0.717) is 11.1 Å². The highest BCUT2D eigenvalue weighted by atomic mass is 35.5. The van der Waals surface area contributed by atoms with Crippen molar-refractivity contribution in [2.75, 3.05) is 5.32 Å². The molecule has 174 valence electrons. The fraction of sp³-hybridized carbons (Fsp3) is 0.423. The van der Waals surface area contributed by atoms with E-state index in [-0.39, 0.29) is 16.6 Å². The minimum Gasteiger partial charge on any atom is -0.325 e. The van der Waals surface area contributed by atoms with E-state index in [4.69, 9.17) is 11.6 Å². The third-order valence-electron chi connectivity index (χ3n) is 6.13. The molecule has 0 spiro atoms. The van der Waals surface area contributed by atoms with Crippen LogP contribution in [0, 0.1) is 0 Å². The molecule has 1 saturated carbocycles. The van der Waals surface area contributed by atoms with Crippen molar-refractivity contribution in [1.82, 2.24) is 14.8 Å². The topological polar surface area (TPSA) is 59.8 Å². The Morgan fingerprint density at radius 1 is 1.06 bits per heavy atom. The highest BCUT2D eigenvalue weighted by molar-refractivity contribution is 8.00. The van der Waals surface area contributed by atoms with E-state index in [1.165, 1.54) is 30.2 Å². The Bertz CT molecular complexity index is 1100. The van der Waals surface area contributed by atoms with Crippen LogP contribution in [-0.2, 0) is 10.2 Å². The van der Waals surface area contributed by atoms with Crippen LogP contribution < -0.4 is 5.32 Å². The minimum atomic E-state index is -0.318. The van der Waals surface area contributed by atoms with Crippen molar-refractivity contribution in [1.29, 1.82) is 0 Å². The van der Waals surface area contributed by atoms with Crippen molar-refractivity contribution >= 4 is 35.0 Å². The summed E-state index contributed by atoms with van der Waals surface area (Å²) >= 11 is 7.41. The van der Waals surface area contributed by atoms with Gasteiger partial charge in [0.05, 0.1) is 5.25 Å². The largest absolute Gasteiger partial charge is 0.325 e. The molecule has 0 radical (unpaired) electrons. The Balaban J connectivity index is 1.57. The van der Waals surface area contributed by atoms with Crippen LogP contribution in [0.1, 0.15) is 65.0 Å². The molecule has 1 aliphatic carbocycles. The van der Waals surface area contributed by atoms with Crippen LogP contribution in [0.25, 0.3) is 11.4 Å². The van der Waals surface area contributed by atoms with Crippen LogP contribution in [0.15, 0.2) is 53.7 Å². The van der Waals surface area contributed by atoms with Crippen molar-refractivity contribution in [3.05, 3.63) is 59.1 Å². The van der Waals surface area contributed by atoms with Gasteiger partial charge in [-0.3, -0.25) is 9.36 Å². The van der Waals surface area contributed by atoms with Gasteiger partial charge in [-0.2, -0.15) is 0 Å². The van der Waals surface area contributed by atoms with Crippen molar-refractivity contribution < 1.29 is 4.79 Å². The predicted molar refractivity (Wildman–Crippen MR) is 137 cm³/mol. The average Bonchev–Trinajstić information content (AvgIpc) is 3.44. The van der Waals surface area contributed by atoms with Crippen LogP contribution in [0.5, 0.6) is 0 Å². The molecular formula is C26H31ClN4OS. The molecule has 1 heterocycles. The number of thioether (sulfide) groups is 1. The summed E-state index contributed by atoms with van der Waals surface area (Å²) < 4.78 is 2.26. The number of hydrogen-bond acceptors (Lipinski definition) is 4. The number of aromatic nitrogens is 3. The first-order valence-corrected chi connectivity index (χ1v) is 12.8. The van der Waals surface area contributed by atoms with E-state index in [1.54, 1.807) is 24.3 Å². The lowest BCUT2D eigenvalue weighted by molar-refractivity contribution is -0.115. The van der Waals surface area contributed by atoms with Crippen LogP contribution in [0.4, 0.5) is 5.69 Å². The smallest absolute Gasteiger partial charge is 0.237 e. The molecule has 0 bridgehead atoms. The van der Waals surface area contributed by atoms with Crippen molar-refractivity contribution in [2.45, 2.75) is 75.2 Å². The van der Waals surface area contributed by atoms with Gasteiger partial charge in [0.25, 0.3) is 0 Å². The molecule has 0 saturated heterocycles. The molecule has 7 heteroatoms. The van der Waals surface area contributed by atoms with Gasteiger partial charge in [0, 0.05) is 22.3 Å².